The van der Waals surface area contributed by atoms with E-state index in [2.05, 4.69) is 68.4 Å². The van der Waals surface area contributed by atoms with Crippen molar-refractivity contribution >= 4 is 0 Å². The van der Waals surface area contributed by atoms with Crippen molar-refractivity contribution in [2.75, 3.05) is 0 Å². The molecule has 0 saturated heterocycles. The second-order valence-electron chi connectivity index (χ2n) is 8.45. The SMILES string of the molecule is CC(C)(C)c1ccn(C(C)(C)C)c(=O)c1C(C)(C)C. The van der Waals surface area contributed by atoms with Gasteiger partial charge in [0.05, 0.1) is 0 Å². The van der Waals surface area contributed by atoms with Crippen LogP contribution >= 0.6 is 0 Å². The monoisotopic (exact) mass is 263 g/mol. The summed E-state index contributed by atoms with van der Waals surface area (Å²) in [6.45, 7) is 19.0. The quantitative estimate of drug-likeness (QED) is 0.687. The summed E-state index contributed by atoms with van der Waals surface area (Å²) in [6, 6.07) is 2.12. The van der Waals surface area contributed by atoms with Gasteiger partial charge in [0, 0.05) is 17.3 Å². The van der Waals surface area contributed by atoms with Crippen molar-refractivity contribution in [2.24, 2.45) is 0 Å². The lowest BCUT2D eigenvalue weighted by molar-refractivity contribution is 0.374. The number of hydrogen-bond acceptors (Lipinski definition) is 1. The summed E-state index contributed by atoms with van der Waals surface area (Å²) in [5.41, 5.74) is 1.90. The predicted molar refractivity (Wildman–Crippen MR) is 83.1 cm³/mol. The smallest absolute Gasteiger partial charge is 0.255 e. The summed E-state index contributed by atoms with van der Waals surface area (Å²) in [6.07, 6.45) is 1.94. The molecule has 2 heteroatoms. The minimum atomic E-state index is -0.187. The molecule has 0 spiro atoms. The van der Waals surface area contributed by atoms with Gasteiger partial charge in [0.2, 0.25) is 0 Å². The molecule has 1 aromatic heterocycles. The highest BCUT2D eigenvalue weighted by molar-refractivity contribution is 5.35. The molecule has 0 aromatic carbocycles. The molecule has 0 N–H and O–H groups in total. The largest absolute Gasteiger partial charge is 0.310 e. The number of hydrogen-bond donors (Lipinski definition) is 0. The van der Waals surface area contributed by atoms with E-state index in [-0.39, 0.29) is 21.9 Å². The minimum absolute atomic E-state index is 0.0151. The van der Waals surface area contributed by atoms with Gasteiger partial charge in [-0.3, -0.25) is 4.79 Å². The van der Waals surface area contributed by atoms with Crippen LogP contribution in [0, 0.1) is 0 Å². The van der Waals surface area contributed by atoms with Crippen LogP contribution in [0.3, 0.4) is 0 Å². The van der Waals surface area contributed by atoms with Gasteiger partial charge in [-0.1, -0.05) is 41.5 Å². The Balaban J connectivity index is 3.76. The van der Waals surface area contributed by atoms with E-state index in [4.69, 9.17) is 0 Å². The van der Waals surface area contributed by atoms with Crippen LogP contribution in [0.2, 0.25) is 0 Å². The van der Waals surface area contributed by atoms with E-state index >= 15 is 0 Å². The first-order valence-corrected chi connectivity index (χ1v) is 7.03. The zero-order chi connectivity index (χ0) is 15.2. The van der Waals surface area contributed by atoms with Crippen LogP contribution in [-0.2, 0) is 16.4 Å². The first-order valence-electron chi connectivity index (χ1n) is 7.03. The maximum atomic E-state index is 12.9. The van der Waals surface area contributed by atoms with E-state index in [9.17, 15) is 4.79 Å². The Bertz CT molecular complexity index is 516. The van der Waals surface area contributed by atoms with Crippen molar-refractivity contribution in [3.05, 3.63) is 33.7 Å². The molecule has 0 unspecified atom stereocenters. The van der Waals surface area contributed by atoms with E-state index in [1.54, 1.807) is 0 Å². The summed E-state index contributed by atoms with van der Waals surface area (Å²) < 4.78 is 1.85. The molecule has 0 saturated carbocycles. The van der Waals surface area contributed by atoms with Crippen molar-refractivity contribution in [3.8, 4) is 0 Å². The van der Waals surface area contributed by atoms with Gasteiger partial charge in [-0.2, -0.15) is 0 Å². The molecule has 0 amide bonds. The summed E-state index contributed by atoms with van der Waals surface area (Å²) >= 11 is 0. The highest BCUT2D eigenvalue weighted by atomic mass is 16.1. The second kappa shape index (κ2) is 4.50. The maximum absolute atomic E-state index is 12.9. The first kappa shape index (κ1) is 16.0. The van der Waals surface area contributed by atoms with Crippen LogP contribution in [0.5, 0.6) is 0 Å². The minimum Gasteiger partial charge on any atom is -0.310 e. The second-order valence-corrected chi connectivity index (χ2v) is 8.45. The van der Waals surface area contributed by atoms with E-state index in [0.717, 1.165) is 11.1 Å². The standard InChI is InChI=1S/C17H29NO/c1-15(2,3)12-10-11-18(17(7,8)9)14(19)13(12)16(4,5)6/h10-11H,1-9H3. The molecule has 1 rings (SSSR count). The number of pyridine rings is 1. The average molecular weight is 263 g/mol. The Morgan fingerprint density at radius 3 is 1.63 bits per heavy atom. The molecule has 108 valence electrons. The van der Waals surface area contributed by atoms with Crippen LogP contribution in [-0.4, -0.2) is 4.57 Å². The molecular weight excluding hydrogens is 234 g/mol. The van der Waals surface area contributed by atoms with Crippen molar-refractivity contribution in [1.82, 2.24) is 4.57 Å². The van der Waals surface area contributed by atoms with Gasteiger partial charge in [-0.05, 0) is 43.2 Å². The van der Waals surface area contributed by atoms with E-state index in [0.29, 0.717) is 0 Å². The fourth-order valence-electron chi connectivity index (χ4n) is 2.41. The summed E-state index contributed by atoms with van der Waals surface area (Å²) in [7, 11) is 0. The summed E-state index contributed by atoms with van der Waals surface area (Å²) in [5.74, 6) is 0. The fourth-order valence-corrected chi connectivity index (χ4v) is 2.41. The molecule has 0 aliphatic carbocycles. The molecule has 0 bridgehead atoms. The lowest BCUT2D eigenvalue weighted by Crippen LogP contribution is -2.40. The molecule has 1 aromatic rings. The number of rotatable bonds is 0. The zero-order valence-corrected chi connectivity index (χ0v) is 14.0. The maximum Gasteiger partial charge on any atom is 0.255 e. The van der Waals surface area contributed by atoms with Gasteiger partial charge in [0.15, 0.2) is 0 Å². The van der Waals surface area contributed by atoms with Crippen LogP contribution < -0.4 is 5.56 Å². The predicted octanol–water partition coefficient (Wildman–Crippen LogP) is 4.20. The van der Waals surface area contributed by atoms with Crippen molar-refractivity contribution in [1.29, 1.82) is 0 Å². The highest BCUT2D eigenvalue weighted by Crippen LogP contribution is 2.31. The lowest BCUT2D eigenvalue weighted by atomic mass is 9.76. The molecular formula is C17H29NO. The Labute approximate surface area is 117 Å². The van der Waals surface area contributed by atoms with Gasteiger partial charge < -0.3 is 4.57 Å². The van der Waals surface area contributed by atoms with Crippen LogP contribution in [0.15, 0.2) is 17.1 Å². The van der Waals surface area contributed by atoms with Crippen molar-refractivity contribution in [3.63, 3.8) is 0 Å². The number of aromatic nitrogens is 1. The van der Waals surface area contributed by atoms with Gasteiger partial charge in [0.25, 0.3) is 5.56 Å². The topological polar surface area (TPSA) is 22.0 Å². The fraction of sp³-hybridized carbons (Fsp3) is 0.706. The Morgan fingerprint density at radius 1 is 0.842 bits per heavy atom. The van der Waals surface area contributed by atoms with Gasteiger partial charge in [0.1, 0.15) is 0 Å². The van der Waals surface area contributed by atoms with Gasteiger partial charge >= 0.3 is 0 Å². The molecule has 0 atom stereocenters. The molecule has 0 radical (unpaired) electrons. The van der Waals surface area contributed by atoms with Gasteiger partial charge in [-0.15, -0.1) is 0 Å². The Kier molecular flexibility index (Phi) is 3.79. The van der Waals surface area contributed by atoms with Gasteiger partial charge in [-0.25, -0.2) is 0 Å². The molecule has 0 aliphatic rings. The van der Waals surface area contributed by atoms with Crippen LogP contribution in [0.1, 0.15) is 73.4 Å². The average Bonchev–Trinajstić information content (AvgIpc) is 2.11. The Morgan fingerprint density at radius 2 is 1.32 bits per heavy atom. The molecule has 2 nitrogen and oxygen atoms in total. The highest BCUT2D eigenvalue weighted by Gasteiger charge is 2.30. The Hall–Kier alpha value is -1.05. The van der Waals surface area contributed by atoms with Crippen molar-refractivity contribution in [2.45, 2.75) is 78.7 Å². The third-order valence-corrected chi connectivity index (χ3v) is 3.37. The van der Waals surface area contributed by atoms with E-state index in [1.807, 2.05) is 10.8 Å². The molecule has 0 aliphatic heterocycles. The van der Waals surface area contributed by atoms with E-state index in [1.165, 1.54) is 0 Å². The summed E-state index contributed by atoms with van der Waals surface area (Å²) in [5, 5.41) is 0. The molecule has 1 heterocycles. The third-order valence-electron chi connectivity index (χ3n) is 3.37. The van der Waals surface area contributed by atoms with Crippen LogP contribution in [0.25, 0.3) is 0 Å². The molecule has 0 fully saturated rings. The zero-order valence-electron chi connectivity index (χ0n) is 14.0. The summed E-state index contributed by atoms with van der Waals surface area (Å²) in [4.78, 5) is 12.9. The lowest BCUT2D eigenvalue weighted by Gasteiger charge is -2.32. The van der Waals surface area contributed by atoms with Crippen LogP contribution in [0.4, 0.5) is 0 Å². The molecule has 19 heavy (non-hydrogen) atoms. The first-order chi connectivity index (χ1) is 8.26. The number of nitrogens with zero attached hydrogens (tertiary/aromatic N) is 1. The van der Waals surface area contributed by atoms with Crippen molar-refractivity contribution < 1.29 is 0 Å². The normalized spacial score (nSPS) is 13.7. The third kappa shape index (κ3) is 3.29. The van der Waals surface area contributed by atoms with E-state index < -0.39 is 0 Å².